The molecule has 0 spiro atoms. The lowest BCUT2D eigenvalue weighted by Gasteiger charge is -2.23. The highest BCUT2D eigenvalue weighted by Gasteiger charge is 2.30. The van der Waals surface area contributed by atoms with E-state index < -0.39 is 0 Å². The second kappa shape index (κ2) is 16.5. The van der Waals surface area contributed by atoms with Crippen molar-refractivity contribution in [2.75, 3.05) is 0 Å². The van der Waals surface area contributed by atoms with Crippen LogP contribution in [0.4, 0.5) is 0 Å². The summed E-state index contributed by atoms with van der Waals surface area (Å²) in [7, 11) is 157. The summed E-state index contributed by atoms with van der Waals surface area (Å²) in [4.78, 5) is 14.0. The topological polar surface area (TPSA) is 56.7 Å². The van der Waals surface area contributed by atoms with Crippen molar-refractivity contribution >= 4 is 363 Å². The van der Waals surface area contributed by atoms with E-state index in [1.165, 1.54) is 4.57 Å². The number of benzene rings is 6. The third-order valence-electron chi connectivity index (χ3n) is 12.5. The molecule has 9 aromatic rings. The van der Waals surface area contributed by atoms with E-state index in [-0.39, 0.29) is 215 Å². The molecule has 0 saturated heterocycles. The van der Waals surface area contributed by atoms with Gasteiger partial charge in [-0.15, -0.1) is 60.1 Å². The van der Waals surface area contributed by atoms with Crippen molar-refractivity contribution in [1.29, 1.82) is 0 Å². The summed E-state index contributed by atoms with van der Waals surface area (Å²) in [5, 5.41) is 0.501. The summed E-state index contributed by atoms with van der Waals surface area (Å²) in [6.07, 6.45) is 0. The molecule has 3 aromatic heterocycles. The summed E-state index contributed by atoms with van der Waals surface area (Å²) >= 11 is 0. The molecule has 48 radical (unpaired) electrons. The van der Waals surface area contributed by atoms with Crippen LogP contribution in [0.2, 0.25) is 0 Å². The van der Waals surface area contributed by atoms with Gasteiger partial charge in [0.1, 0.15) is 194 Å². The van der Waals surface area contributed by atoms with E-state index in [0.717, 1.165) is 0 Å². The lowest BCUT2D eigenvalue weighted by Crippen LogP contribution is -2.55. The van der Waals surface area contributed by atoms with Crippen LogP contribution in [0.3, 0.4) is 0 Å². The van der Waals surface area contributed by atoms with E-state index in [1.807, 2.05) is 0 Å². The third kappa shape index (κ3) is 6.40. The second-order valence-corrected chi connectivity index (χ2v) is 16.0. The van der Waals surface area contributed by atoms with Gasteiger partial charge in [-0.1, -0.05) is 65.6 Å². The Labute approximate surface area is 424 Å². The van der Waals surface area contributed by atoms with Crippen LogP contribution >= 0.6 is 0 Å². The van der Waals surface area contributed by atoms with E-state index in [9.17, 15) is 0 Å². The van der Waals surface area contributed by atoms with E-state index in [0.29, 0.717) is 0 Å². The van der Waals surface area contributed by atoms with Crippen molar-refractivity contribution in [3.05, 3.63) is 0 Å². The highest BCUT2D eigenvalue weighted by Crippen LogP contribution is 2.34. The molecule has 0 bridgehead atoms. The maximum absolute atomic E-state index is 7.07. The van der Waals surface area contributed by atoms with Crippen molar-refractivity contribution in [1.82, 2.24) is 19.5 Å². The molecule has 9 rings (SSSR count). The first-order valence-corrected chi connectivity index (χ1v) is 19.6. The Bertz CT molecular complexity index is 3640. The fraction of sp³-hybridized carbons (Fsp3) is 0. The predicted molar refractivity (Wildman–Crippen MR) is 307 cm³/mol. The van der Waals surface area contributed by atoms with Gasteiger partial charge in [0.15, 0.2) is 23.1 Å². The van der Waals surface area contributed by atoms with Gasteiger partial charge in [-0.3, -0.25) is 0 Å². The van der Waals surface area contributed by atoms with E-state index >= 15 is 0 Å². The molecule has 0 saturated carbocycles. The Kier molecular flexibility index (Phi) is 11.8. The molecule has 0 aliphatic carbocycles. The molecule has 68 heavy (non-hydrogen) atoms. The Morgan fingerprint density at radius 2 is 0.485 bits per heavy atom. The maximum atomic E-state index is 7.07. The fourth-order valence-electron chi connectivity index (χ4n) is 8.65. The summed E-state index contributed by atoms with van der Waals surface area (Å²) in [5.74, 6) is -0.822. The van der Waals surface area contributed by atoms with Crippen molar-refractivity contribution < 1.29 is 4.42 Å². The molecule has 0 atom stereocenters. The average Bonchev–Trinajstić information content (AvgIpc) is 3.88. The molecule has 29 heteroatoms. The standard InChI is InChI=1S/C39B24N4O/c40-8-1-2-9(41)19(51)28(60)30(62)33(2)67(32(1)29(61)27(59)18(8)50)34-31(63)24(56)11(43)4-3-10(42)12(44)7(17(49)35(3)68-36(4)34)39-65-37(5-13(45)20(52)25(57)21(53)14(5)46)64-38(66-39)6-15(47)22(54)26(58)23(55)16(6)48. The first kappa shape index (κ1) is 48.5. The SMILES string of the molecule is [B]c1c([B])c([B])c(-c2nc(-c3c([B])c([B])c([B])c([B])c3[B])nc(-c3c([B])c([B])c4c(oc5c(-n6c7c([B])c([B])c([B])c([B])c7c7c([B])c([B])c([B])c([B])c76)c([B])c([B])c([B])c54)c3[B])n2)c([B])c1[B]. The Balaban J connectivity index is 1.46. The molecule has 0 unspecified atom stereocenters. The van der Waals surface area contributed by atoms with Crippen LogP contribution in [-0.2, 0) is 0 Å². The Morgan fingerprint density at radius 3 is 0.868 bits per heavy atom. The fourth-order valence-corrected chi connectivity index (χ4v) is 8.65. The molecular weight excluding hydrogens is 800 g/mol. The second-order valence-electron chi connectivity index (χ2n) is 16.0. The first-order chi connectivity index (χ1) is 31.8. The zero-order valence-corrected chi connectivity index (χ0v) is 35.6. The van der Waals surface area contributed by atoms with Crippen molar-refractivity contribution in [2.24, 2.45) is 0 Å². The molecular formula is C39B24N4O. The smallest absolute Gasteiger partial charge is 0.163 e. The van der Waals surface area contributed by atoms with E-state index in [2.05, 4.69) is 4.98 Å². The molecule has 0 fully saturated rings. The zero-order valence-electron chi connectivity index (χ0n) is 35.6. The van der Waals surface area contributed by atoms with Gasteiger partial charge in [-0.2, -0.15) is 0 Å². The minimum absolute atomic E-state index is 0.0312. The van der Waals surface area contributed by atoms with Crippen molar-refractivity contribution in [3.63, 3.8) is 0 Å². The number of aromatic nitrogens is 4. The Hall–Kier alpha value is -4.51. The van der Waals surface area contributed by atoms with E-state index in [4.69, 9.17) is 203 Å². The van der Waals surface area contributed by atoms with Crippen LogP contribution in [-0.4, -0.2) is 208 Å². The number of hydrogen-bond acceptors (Lipinski definition) is 4. The molecule has 254 valence electrons. The summed E-state index contributed by atoms with van der Waals surface area (Å²) in [5.41, 5.74) is -3.34. The van der Waals surface area contributed by atoms with Gasteiger partial charge < -0.3 is 8.98 Å². The van der Waals surface area contributed by atoms with Gasteiger partial charge in [0.25, 0.3) is 0 Å². The minimum atomic E-state index is -0.295. The summed E-state index contributed by atoms with van der Waals surface area (Å²) < 4.78 is 8.14. The van der Waals surface area contributed by atoms with Gasteiger partial charge in [-0.25, -0.2) is 15.0 Å². The molecule has 6 aromatic carbocycles. The lowest BCUT2D eigenvalue weighted by molar-refractivity contribution is 0.670. The normalized spacial score (nSPS) is 11.8. The minimum Gasteiger partial charge on any atom is -0.455 e. The zero-order chi connectivity index (χ0) is 49.9. The largest absolute Gasteiger partial charge is 0.455 e. The van der Waals surface area contributed by atoms with E-state index in [1.54, 1.807) is 0 Å². The van der Waals surface area contributed by atoms with Crippen molar-refractivity contribution in [2.45, 2.75) is 0 Å². The predicted octanol–water partition coefficient (Wildman–Crippen LogP) is -19.1. The molecule has 0 aliphatic rings. The van der Waals surface area contributed by atoms with Gasteiger partial charge >= 0.3 is 0 Å². The number of rotatable bonds is 4. The highest BCUT2D eigenvalue weighted by atomic mass is 16.3. The van der Waals surface area contributed by atoms with Crippen molar-refractivity contribution in [3.8, 4) is 39.9 Å². The summed E-state index contributed by atoms with van der Waals surface area (Å²) in [6, 6.07) is 0. The highest BCUT2D eigenvalue weighted by molar-refractivity contribution is 6.74. The quantitative estimate of drug-likeness (QED) is 0.166. The summed E-state index contributed by atoms with van der Waals surface area (Å²) in [6.45, 7) is 0. The maximum Gasteiger partial charge on any atom is 0.163 e. The number of fused-ring (bicyclic) bond motifs is 6. The monoisotopic (exact) mass is 804 g/mol. The molecule has 3 heterocycles. The molecule has 0 amide bonds. The first-order valence-electron chi connectivity index (χ1n) is 19.6. The third-order valence-corrected chi connectivity index (χ3v) is 12.5. The Morgan fingerprint density at radius 1 is 0.235 bits per heavy atom. The van der Waals surface area contributed by atoms with Crippen LogP contribution in [0.5, 0.6) is 0 Å². The van der Waals surface area contributed by atoms with Crippen LogP contribution in [0.1, 0.15) is 0 Å². The van der Waals surface area contributed by atoms with Gasteiger partial charge in [0.05, 0.1) is 5.69 Å². The molecule has 0 aliphatic heterocycles. The molecule has 5 nitrogen and oxygen atoms in total. The van der Waals surface area contributed by atoms with Gasteiger partial charge in [-0.05, 0) is 16.2 Å². The average molecular weight is 800 g/mol. The van der Waals surface area contributed by atoms with Crippen LogP contribution in [0.25, 0.3) is 83.6 Å². The van der Waals surface area contributed by atoms with Gasteiger partial charge in [0.2, 0.25) is 0 Å². The van der Waals surface area contributed by atoms with Crippen LogP contribution in [0.15, 0.2) is 4.42 Å². The van der Waals surface area contributed by atoms with Crippen LogP contribution in [0, 0.1) is 0 Å². The number of hydrogen-bond donors (Lipinski definition) is 0. The number of furan rings is 1. The van der Waals surface area contributed by atoms with Gasteiger partial charge in [0, 0.05) is 38.5 Å². The number of nitrogens with zero attached hydrogens (tertiary/aromatic N) is 4. The molecule has 0 N–H and O–H groups in total. The van der Waals surface area contributed by atoms with Crippen LogP contribution < -0.4 is 131 Å². The lowest BCUT2D eigenvalue weighted by atomic mass is 9.60.